The van der Waals surface area contributed by atoms with E-state index in [0.717, 1.165) is 18.8 Å². The predicted octanol–water partition coefficient (Wildman–Crippen LogP) is 5.00. The molecule has 0 aliphatic carbocycles. The smallest absolute Gasteiger partial charge is 0.255 e. The summed E-state index contributed by atoms with van der Waals surface area (Å²) in [7, 11) is 1.57. The van der Waals surface area contributed by atoms with Gasteiger partial charge in [0.2, 0.25) is 0 Å². The molecule has 6 nitrogen and oxygen atoms in total. The number of amides is 1. The number of benzene rings is 2. The highest BCUT2D eigenvalue weighted by atomic mass is 19.1. The maximum Gasteiger partial charge on any atom is 0.255 e. The Morgan fingerprint density at radius 2 is 1.81 bits per heavy atom. The van der Waals surface area contributed by atoms with Gasteiger partial charge < -0.3 is 24.1 Å². The summed E-state index contributed by atoms with van der Waals surface area (Å²) in [6.07, 6.45) is 0.0890. The van der Waals surface area contributed by atoms with Gasteiger partial charge >= 0.3 is 0 Å². The highest BCUT2D eigenvalue weighted by Crippen LogP contribution is 2.42. The van der Waals surface area contributed by atoms with Crippen LogP contribution in [0.3, 0.4) is 0 Å². The van der Waals surface area contributed by atoms with Crippen LogP contribution in [0.5, 0.6) is 5.75 Å². The van der Waals surface area contributed by atoms with Crippen LogP contribution in [0.4, 0.5) is 10.1 Å². The van der Waals surface area contributed by atoms with Gasteiger partial charge in [-0.15, -0.1) is 0 Å². The van der Waals surface area contributed by atoms with Crippen LogP contribution in [0.1, 0.15) is 38.1 Å². The number of anilines is 1. The van der Waals surface area contributed by atoms with Crippen LogP contribution in [-0.4, -0.2) is 44.4 Å². The van der Waals surface area contributed by atoms with Crippen LogP contribution < -0.4 is 15.0 Å². The van der Waals surface area contributed by atoms with Gasteiger partial charge in [0, 0.05) is 43.5 Å². The lowest BCUT2D eigenvalue weighted by atomic mass is 10.0. The number of carbonyl (C=O) groups is 1. The molecule has 1 fully saturated rings. The Labute approximate surface area is 187 Å². The maximum atomic E-state index is 13.5. The minimum atomic E-state index is -0.354. The molecular weight excluding hydrogens is 411 g/mol. The number of carbonyl (C=O) groups excluding carboxylic acids is 1. The van der Waals surface area contributed by atoms with E-state index in [4.69, 9.17) is 13.9 Å². The summed E-state index contributed by atoms with van der Waals surface area (Å²) in [5.74, 6) is 0.315. The molecule has 0 saturated carbocycles. The molecule has 1 aliphatic rings. The van der Waals surface area contributed by atoms with Crippen molar-refractivity contribution in [3.05, 3.63) is 47.8 Å². The zero-order chi connectivity index (χ0) is 23.0. The average Bonchev–Trinajstić information content (AvgIpc) is 3.12. The van der Waals surface area contributed by atoms with Crippen molar-refractivity contribution in [2.24, 2.45) is 0 Å². The van der Waals surface area contributed by atoms with Crippen LogP contribution in [0.2, 0.25) is 0 Å². The molecule has 7 heteroatoms. The third kappa shape index (κ3) is 4.30. The molecule has 32 heavy (non-hydrogen) atoms. The van der Waals surface area contributed by atoms with Gasteiger partial charge in [-0.2, -0.15) is 0 Å². The summed E-state index contributed by atoms with van der Waals surface area (Å²) in [6, 6.07) is 9.81. The van der Waals surface area contributed by atoms with Crippen LogP contribution in [-0.2, 0) is 4.74 Å². The van der Waals surface area contributed by atoms with E-state index in [1.165, 1.54) is 12.1 Å². The molecule has 4 rings (SSSR count). The lowest BCUT2D eigenvalue weighted by molar-refractivity contribution is -0.00523. The molecule has 2 aromatic carbocycles. The van der Waals surface area contributed by atoms with E-state index in [2.05, 4.69) is 24.1 Å². The fourth-order valence-corrected chi connectivity index (χ4v) is 4.24. The monoisotopic (exact) mass is 440 g/mol. The lowest BCUT2D eigenvalue weighted by Gasteiger charge is -2.37. The third-order valence-electron chi connectivity index (χ3n) is 5.45. The fourth-order valence-electron chi connectivity index (χ4n) is 4.24. The Bertz CT molecular complexity index is 1110. The molecule has 3 aromatic rings. The van der Waals surface area contributed by atoms with Crippen molar-refractivity contribution in [2.45, 2.75) is 46.0 Å². The minimum absolute atomic E-state index is 0.0942. The Morgan fingerprint density at radius 1 is 1.16 bits per heavy atom. The zero-order valence-electron chi connectivity index (χ0n) is 19.1. The van der Waals surface area contributed by atoms with Gasteiger partial charge in [-0.05, 0) is 52.0 Å². The number of furan rings is 1. The molecule has 0 radical (unpaired) electrons. The average molecular weight is 441 g/mol. The number of nitrogens with one attached hydrogen (secondary N) is 1. The number of ether oxygens (including phenoxy) is 2. The van der Waals surface area contributed by atoms with Gasteiger partial charge in [-0.1, -0.05) is 0 Å². The standard InChI is InChI=1S/C25H29FN2O4/c1-14(2)30-20-10-19(28-12-15(3)31-16(4)13-28)11-21-22(20)23(25(29)27-5)24(32-21)17-6-8-18(26)9-7-17/h6-11,14-16H,12-13H2,1-5H3,(H,27,29)/t15-,16?/m0/s1. The third-order valence-corrected chi connectivity index (χ3v) is 5.45. The van der Waals surface area contributed by atoms with Crippen LogP contribution in [0.25, 0.3) is 22.3 Å². The van der Waals surface area contributed by atoms with E-state index < -0.39 is 0 Å². The second-order valence-corrected chi connectivity index (χ2v) is 8.54. The molecule has 1 aromatic heterocycles. The van der Waals surface area contributed by atoms with Crippen molar-refractivity contribution in [1.82, 2.24) is 5.32 Å². The number of nitrogens with zero attached hydrogens (tertiary/aromatic N) is 1. The summed E-state index contributed by atoms with van der Waals surface area (Å²) in [6.45, 7) is 9.47. The molecule has 2 atom stereocenters. The zero-order valence-corrected chi connectivity index (χ0v) is 19.1. The molecule has 1 N–H and O–H groups in total. The van der Waals surface area contributed by atoms with Crippen molar-refractivity contribution in [2.75, 3.05) is 25.0 Å². The Hall–Kier alpha value is -3.06. The summed E-state index contributed by atoms with van der Waals surface area (Å²) < 4.78 is 31.8. The van der Waals surface area contributed by atoms with Crippen LogP contribution in [0.15, 0.2) is 40.8 Å². The van der Waals surface area contributed by atoms with Gasteiger partial charge in [-0.25, -0.2) is 4.39 Å². The minimum Gasteiger partial charge on any atom is -0.490 e. The van der Waals surface area contributed by atoms with Crippen molar-refractivity contribution in [1.29, 1.82) is 0 Å². The Morgan fingerprint density at radius 3 is 2.41 bits per heavy atom. The van der Waals surface area contributed by atoms with E-state index in [9.17, 15) is 9.18 Å². The quantitative estimate of drug-likeness (QED) is 0.605. The lowest BCUT2D eigenvalue weighted by Crippen LogP contribution is -2.45. The first-order valence-electron chi connectivity index (χ1n) is 10.9. The summed E-state index contributed by atoms with van der Waals surface area (Å²) in [5, 5.41) is 3.30. The number of fused-ring (bicyclic) bond motifs is 1. The first-order valence-corrected chi connectivity index (χ1v) is 10.9. The van der Waals surface area contributed by atoms with Crippen molar-refractivity contribution >= 4 is 22.6 Å². The Balaban J connectivity index is 1.94. The Kier molecular flexibility index (Phi) is 6.11. The van der Waals surface area contributed by atoms with Gasteiger partial charge in [0.05, 0.1) is 29.3 Å². The summed E-state index contributed by atoms with van der Waals surface area (Å²) >= 11 is 0. The van der Waals surface area contributed by atoms with E-state index in [-0.39, 0.29) is 30.0 Å². The molecule has 2 heterocycles. The van der Waals surface area contributed by atoms with E-state index >= 15 is 0 Å². The molecule has 0 spiro atoms. The van der Waals surface area contributed by atoms with E-state index in [0.29, 0.717) is 33.6 Å². The number of rotatable bonds is 5. The molecule has 170 valence electrons. The number of halogens is 1. The molecule has 1 amide bonds. The first-order chi connectivity index (χ1) is 15.3. The number of hydrogen-bond donors (Lipinski definition) is 1. The van der Waals surface area contributed by atoms with Gasteiger partial charge in [0.1, 0.15) is 22.9 Å². The highest BCUT2D eigenvalue weighted by molar-refractivity contribution is 6.13. The summed E-state index contributed by atoms with van der Waals surface area (Å²) in [4.78, 5) is 15.2. The normalized spacial score (nSPS) is 18.9. The molecule has 1 unspecified atom stereocenters. The number of hydrogen-bond acceptors (Lipinski definition) is 5. The first kappa shape index (κ1) is 22.1. The topological polar surface area (TPSA) is 63.9 Å². The molecule has 0 bridgehead atoms. The molecule has 1 saturated heterocycles. The maximum absolute atomic E-state index is 13.5. The van der Waals surface area contributed by atoms with Crippen LogP contribution >= 0.6 is 0 Å². The summed E-state index contributed by atoms with van der Waals surface area (Å²) in [5.41, 5.74) is 2.48. The SMILES string of the molecule is CNC(=O)c1c(-c2ccc(F)cc2)oc2cc(N3CC(C)O[C@@H](C)C3)cc(OC(C)C)c12. The van der Waals surface area contributed by atoms with Crippen molar-refractivity contribution in [3.63, 3.8) is 0 Å². The van der Waals surface area contributed by atoms with Gasteiger partial charge in [0.15, 0.2) is 0 Å². The highest BCUT2D eigenvalue weighted by Gasteiger charge is 2.28. The molecule has 1 aliphatic heterocycles. The van der Waals surface area contributed by atoms with Crippen molar-refractivity contribution < 1.29 is 23.1 Å². The number of morpholine rings is 1. The molecular formula is C25H29FN2O4. The largest absolute Gasteiger partial charge is 0.490 e. The second-order valence-electron chi connectivity index (χ2n) is 8.54. The van der Waals surface area contributed by atoms with Crippen molar-refractivity contribution in [3.8, 4) is 17.1 Å². The van der Waals surface area contributed by atoms with Crippen LogP contribution in [0, 0.1) is 5.82 Å². The predicted molar refractivity (Wildman–Crippen MR) is 123 cm³/mol. The van der Waals surface area contributed by atoms with Gasteiger partial charge in [0.25, 0.3) is 5.91 Å². The van der Waals surface area contributed by atoms with E-state index in [1.807, 2.05) is 26.0 Å². The van der Waals surface area contributed by atoms with E-state index in [1.54, 1.807) is 19.2 Å². The second kappa shape index (κ2) is 8.82. The fraction of sp³-hybridized carbons (Fsp3) is 0.400. The van der Waals surface area contributed by atoms with Gasteiger partial charge in [-0.3, -0.25) is 4.79 Å².